The van der Waals surface area contributed by atoms with Crippen LogP contribution in [0.3, 0.4) is 0 Å². The third kappa shape index (κ3) is 3.98. The second-order valence-electron chi connectivity index (χ2n) is 5.65. The van der Waals surface area contributed by atoms with Gasteiger partial charge in [0.1, 0.15) is 0 Å². The summed E-state index contributed by atoms with van der Waals surface area (Å²) in [5, 5.41) is 14.6. The first kappa shape index (κ1) is 16.3. The zero-order valence-corrected chi connectivity index (χ0v) is 13.0. The average Bonchev–Trinajstić information content (AvgIpc) is 2.86. The van der Waals surface area contributed by atoms with Gasteiger partial charge in [-0.3, -0.25) is 4.79 Å². The van der Waals surface area contributed by atoms with Gasteiger partial charge in [-0.1, -0.05) is 24.6 Å². The second kappa shape index (κ2) is 7.26. The molecule has 6 heteroatoms. The molecule has 6 nitrogen and oxygen atoms in total. The molecule has 1 aliphatic heterocycles. The number of aliphatic hydroxyl groups excluding tert-OH is 1. The fraction of sp³-hybridized carbons (Fsp3) is 0.500. The highest BCUT2D eigenvalue weighted by Crippen LogP contribution is 2.21. The van der Waals surface area contributed by atoms with E-state index in [0.29, 0.717) is 13.0 Å². The van der Waals surface area contributed by atoms with E-state index in [9.17, 15) is 9.59 Å². The lowest BCUT2D eigenvalue weighted by molar-refractivity contribution is -0.117. The Labute approximate surface area is 130 Å². The van der Waals surface area contributed by atoms with Crippen molar-refractivity contribution in [3.63, 3.8) is 0 Å². The molecular formula is C16H23N3O3. The molecule has 0 spiro atoms. The second-order valence-corrected chi connectivity index (χ2v) is 5.65. The van der Waals surface area contributed by atoms with E-state index >= 15 is 0 Å². The van der Waals surface area contributed by atoms with E-state index in [1.54, 1.807) is 4.90 Å². The van der Waals surface area contributed by atoms with E-state index in [1.165, 1.54) is 0 Å². The summed E-state index contributed by atoms with van der Waals surface area (Å²) in [6, 6.07) is 6.93. The smallest absolute Gasteiger partial charge is 0.315 e. The van der Waals surface area contributed by atoms with E-state index in [4.69, 9.17) is 5.11 Å². The maximum atomic E-state index is 12.1. The summed E-state index contributed by atoms with van der Waals surface area (Å²) in [4.78, 5) is 25.6. The standard InChI is InChI=1S/C16H23N3O3/c1-3-12(10-20)17-16(22)18-13-8-15(21)19(9-13)14-6-4-11(2)5-7-14/h4-7,12-13,20H,3,8-10H2,1-2H3,(H2,17,18,22)/t12-,13+/m0/s1. The van der Waals surface area contributed by atoms with Gasteiger partial charge < -0.3 is 20.6 Å². The van der Waals surface area contributed by atoms with Crippen LogP contribution in [0.1, 0.15) is 25.3 Å². The summed E-state index contributed by atoms with van der Waals surface area (Å²) >= 11 is 0. The van der Waals surface area contributed by atoms with Crippen LogP contribution in [0.4, 0.5) is 10.5 Å². The van der Waals surface area contributed by atoms with Gasteiger partial charge in [0, 0.05) is 18.7 Å². The van der Waals surface area contributed by atoms with Gasteiger partial charge in [0.15, 0.2) is 0 Å². The summed E-state index contributed by atoms with van der Waals surface area (Å²) in [6.07, 6.45) is 0.945. The molecule has 2 atom stereocenters. The Morgan fingerprint density at radius 1 is 1.41 bits per heavy atom. The molecule has 0 unspecified atom stereocenters. The van der Waals surface area contributed by atoms with Crippen molar-refractivity contribution in [2.24, 2.45) is 0 Å². The lowest BCUT2D eigenvalue weighted by atomic mass is 10.2. The van der Waals surface area contributed by atoms with Crippen molar-refractivity contribution in [1.29, 1.82) is 0 Å². The van der Waals surface area contributed by atoms with E-state index in [2.05, 4.69) is 10.6 Å². The lowest BCUT2D eigenvalue weighted by Crippen LogP contribution is -2.48. The number of aliphatic hydroxyl groups is 1. The summed E-state index contributed by atoms with van der Waals surface area (Å²) in [6.45, 7) is 4.25. The number of amides is 3. The molecule has 3 amide bonds. The van der Waals surface area contributed by atoms with E-state index < -0.39 is 0 Å². The zero-order valence-electron chi connectivity index (χ0n) is 13.0. The summed E-state index contributed by atoms with van der Waals surface area (Å²) in [5.74, 6) is 0.00310. The molecule has 22 heavy (non-hydrogen) atoms. The first-order valence-electron chi connectivity index (χ1n) is 7.58. The highest BCUT2D eigenvalue weighted by Gasteiger charge is 2.31. The molecule has 1 aromatic carbocycles. The fourth-order valence-corrected chi connectivity index (χ4v) is 2.47. The number of anilines is 1. The van der Waals surface area contributed by atoms with Crippen LogP contribution in [0.2, 0.25) is 0 Å². The molecule has 1 aliphatic rings. The molecule has 2 rings (SSSR count). The van der Waals surface area contributed by atoms with Gasteiger partial charge in [-0.25, -0.2) is 4.79 Å². The normalized spacial score (nSPS) is 19.1. The van der Waals surface area contributed by atoms with Crippen molar-refractivity contribution in [2.75, 3.05) is 18.1 Å². The number of hydrogen-bond donors (Lipinski definition) is 3. The number of nitrogens with zero attached hydrogens (tertiary/aromatic N) is 1. The Hall–Kier alpha value is -2.08. The maximum Gasteiger partial charge on any atom is 0.315 e. The molecule has 120 valence electrons. The van der Waals surface area contributed by atoms with Crippen molar-refractivity contribution >= 4 is 17.6 Å². The van der Waals surface area contributed by atoms with Crippen LogP contribution in [-0.2, 0) is 4.79 Å². The molecule has 0 radical (unpaired) electrons. The van der Waals surface area contributed by atoms with Crippen LogP contribution >= 0.6 is 0 Å². The Balaban J connectivity index is 1.92. The Bertz CT molecular complexity index is 526. The van der Waals surface area contributed by atoms with Crippen LogP contribution in [0.25, 0.3) is 0 Å². The molecule has 0 saturated carbocycles. The van der Waals surface area contributed by atoms with Crippen molar-refractivity contribution in [3.05, 3.63) is 29.8 Å². The van der Waals surface area contributed by atoms with E-state index in [-0.39, 0.29) is 37.0 Å². The summed E-state index contributed by atoms with van der Waals surface area (Å²) in [5.41, 5.74) is 1.99. The Morgan fingerprint density at radius 3 is 2.68 bits per heavy atom. The predicted octanol–water partition coefficient (Wildman–Crippen LogP) is 1.17. The van der Waals surface area contributed by atoms with E-state index in [0.717, 1.165) is 11.3 Å². The number of urea groups is 1. The minimum Gasteiger partial charge on any atom is -0.394 e. The molecule has 3 N–H and O–H groups in total. The van der Waals surface area contributed by atoms with Gasteiger partial charge in [0.25, 0.3) is 0 Å². The number of rotatable bonds is 5. The topological polar surface area (TPSA) is 81.7 Å². The molecule has 0 aromatic heterocycles. The van der Waals surface area contributed by atoms with Crippen molar-refractivity contribution in [3.8, 4) is 0 Å². The van der Waals surface area contributed by atoms with Crippen molar-refractivity contribution < 1.29 is 14.7 Å². The Kier molecular flexibility index (Phi) is 5.38. The number of benzene rings is 1. The number of nitrogens with one attached hydrogen (secondary N) is 2. The minimum absolute atomic E-state index is 0.00310. The number of carbonyl (C=O) groups excluding carboxylic acids is 2. The zero-order chi connectivity index (χ0) is 16.1. The van der Waals surface area contributed by atoms with Crippen LogP contribution in [0.5, 0.6) is 0 Å². The van der Waals surface area contributed by atoms with Gasteiger partial charge >= 0.3 is 6.03 Å². The average molecular weight is 305 g/mol. The van der Waals surface area contributed by atoms with Gasteiger partial charge in [-0.15, -0.1) is 0 Å². The fourth-order valence-electron chi connectivity index (χ4n) is 2.47. The molecular weight excluding hydrogens is 282 g/mol. The quantitative estimate of drug-likeness (QED) is 0.764. The largest absolute Gasteiger partial charge is 0.394 e. The highest BCUT2D eigenvalue weighted by atomic mass is 16.3. The third-order valence-corrected chi connectivity index (χ3v) is 3.85. The lowest BCUT2D eigenvalue weighted by Gasteiger charge is -2.19. The maximum absolute atomic E-state index is 12.1. The molecule has 1 saturated heterocycles. The van der Waals surface area contributed by atoms with E-state index in [1.807, 2.05) is 38.1 Å². The Morgan fingerprint density at radius 2 is 2.09 bits per heavy atom. The highest BCUT2D eigenvalue weighted by molar-refractivity contribution is 5.96. The van der Waals surface area contributed by atoms with Gasteiger partial charge in [0.05, 0.1) is 18.7 Å². The summed E-state index contributed by atoms with van der Waals surface area (Å²) < 4.78 is 0. The number of carbonyl (C=O) groups is 2. The van der Waals surface area contributed by atoms with Gasteiger partial charge in [-0.05, 0) is 25.5 Å². The third-order valence-electron chi connectivity index (χ3n) is 3.85. The van der Waals surface area contributed by atoms with Crippen LogP contribution in [0, 0.1) is 6.92 Å². The molecule has 0 bridgehead atoms. The van der Waals surface area contributed by atoms with Gasteiger partial charge in [-0.2, -0.15) is 0 Å². The van der Waals surface area contributed by atoms with Crippen molar-refractivity contribution in [2.45, 2.75) is 38.8 Å². The summed E-state index contributed by atoms with van der Waals surface area (Å²) in [7, 11) is 0. The minimum atomic E-state index is -0.343. The predicted molar refractivity (Wildman–Crippen MR) is 84.8 cm³/mol. The SMILES string of the molecule is CC[C@@H](CO)NC(=O)N[C@@H]1CC(=O)N(c2ccc(C)cc2)C1. The van der Waals surface area contributed by atoms with Crippen LogP contribution in [-0.4, -0.2) is 42.3 Å². The molecule has 1 aromatic rings. The van der Waals surface area contributed by atoms with Gasteiger partial charge in [0.2, 0.25) is 5.91 Å². The monoisotopic (exact) mass is 305 g/mol. The molecule has 1 fully saturated rings. The number of hydrogen-bond acceptors (Lipinski definition) is 3. The van der Waals surface area contributed by atoms with Crippen molar-refractivity contribution in [1.82, 2.24) is 10.6 Å². The molecule has 0 aliphatic carbocycles. The van der Waals surface area contributed by atoms with Crippen LogP contribution in [0.15, 0.2) is 24.3 Å². The number of aryl methyl sites for hydroxylation is 1. The first-order chi connectivity index (χ1) is 10.5. The van der Waals surface area contributed by atoms with Crippen LogP contribution < -0.4 is 15.5 Å². The molecule has 1 heterocycles. The first-order valence-corrected chi connectivity index (χ1v) is 7.58.